The molecule has 1 atom stereocenters. The molecule has 1 aliphatic heterocycles. The van der Waals surface area contributed by atoms with Gasteiger partial charge in [0.05, 0.1) is 5.57 Å². The van der Waals surface area contributed by atoms with Crippen LogP contribution in [-0.4, -0.2) is 22.5 Å². The van der Waals surface area contributed by atoms with Gasteiger partial charge in [-0.25, -0.2) is 4.79 Å². The van der Waals surface area contributed by atoms with Gasteiger partial charge < -0.3 is 20.2 Å². The van der Waals surface area contributed by atoms with Crippen LogP contribution in [0, 0.1) is 0 Å². The summed E-state index contributed by atoms with van der Waals surface area (Å²) in [7, 11) is 0. The number of aromatic nitrogens is 1. The Morgan fingerprint density at radius 2 is 2.07 bits per heavy atom. The summed E-state index contributed by atoms with van der Waals surface area (Å²) in [5.41, 5.74) is 5.81. The molecule has 1 aliphatic carbocycles. The number of anilines is 1. The lowest BCUT2D eigenvalue weighted by atomic mass is 9.74. The quantitative estimate of drug-likeness (QED) is 0.671. The number of halogens is 1. The van der Waals surface area contributed by atoms with Crippen LogP contribution in [-0.2, 0) is 19.7 Å². The number of esters is 1. The standard InChI is InChI=1S/C19H18BrN3O4/c1-8-12(15(24)27-18(2,3)4)19(16(25)22-8)11-7-9(20)5-6-10(11)13-14(19)23-17(21)26-13/h5-7H,1-4H3,(H2,21,23)(H,22,25)/t19-/m1/s1. The zero-order valence-electron chi connectivity index (χ0n) is 15.3. The minimum Gasteiger partial charge on any atom is -0.457 e. The second-order valence-electron chi connectivity index (χ2n) is 7.63. The summed E-state index contributed by atoms with van der Waals surface area (Å²) in [5, 5.41) is 2.78. The molecule has 0 unspecified atom stereocenters. The molecule has 2 aliphatic rings. The molecule has 2 aromatic rings. The summed E-state index contributed by atoms with van der Waals surface area (Å²) < 4.78 is 12.0. The van der Waals surface area contributed by atoms with Crippen LogP contribution in [0.5, 0.6) is 0 Å². The number of amides is 1. The van der Waals surface area contributed by atoms with Crippen molar-refractivity contribution in [1.82, 2.24) is 10.3 Å². The predicted octanol–water partition coefficient (Wildman–Crippen LogP) is 3.03. The Kier molecular flexibility index (Phi) is 3.59. The fourth-order valence-electron chi connectivity index (χ4n) is 3.77. The Morgan fingerprint density at radius 1 is 1.37 bits per heavy atom. The van der Waals surface area contributed by atoms with E-state index in [1.165, 1.54) is 0 Å². The van der Waals surface area contributed by atoms with E-state index in [0.717, 1.165) is 4.47 Å². The number of nitrogens with one attached hydrogen (secondary N) is 1. The van der Waals surface area contributed by atoms with Gasteiger partial charge in [-0.05, 0) is 51.5 Å². The molecule has 0 radical (unpaired) electrons. The van der Waals surface area contributed by atoms with Gasteiger partial charge in [0.25, 0.3) is 6.01 Å². The minimum atomic E-state index is -1.46. The smallest absolute Gasteiger partial charge is 0.338 e. The summed E-state index contributed by atoms with van der Waals surface area (Å²) in [6.07, 6.45) is 0. The predicted molar refractivity (Wildman–Crippen MR) is 102 cm³/mol. The van der Waals surface area contributed by atoms with Gasteiger partial charge in [0.15, 0.2) is 11.2 Å². The van der Waals surface area contributed by atoms with Crippen molar-refractivity contribution in [2.75, 3.05) is 5.73 Å². The monoisotopic (exact) mass is 431 g/mol. The van der Waals surface area contributed by atoms with Gasteiger partial charge in [0.2, 0.25) is 5.91 Å². The topological polar surface area (TPSA) is 107 Å². The van der Waals surface area contributed by atoms with Crippen LogP contribution in [0.15, 0.2) is 38.4 Å². The molecular formula is C19H18BrN3O4. The Labute approximate surface area is 164 Å². The third-order valence-corrected chi connectivity index (χ3v) is 5.12. The van der Waals surface area contributed by atoms with Gasteiger partial charge in [0, 0.05) is 15.7 Å². The number of nitrogen functional groups attached to an aromatic ring is 1. The molecule has 7 nitrogen and oxygen atoms in total. The molecule has 27 heavy (non-hydrogen) atoms. The van der Waals surface area contributed by atoms with Crippen molar-refractivity contribution >= 4 is 33.8 Å². The number of carbonyl (C=O) groups is 2. The SMILES string of the molecule is CC1=C(C(=O)OC(C)(C)C)[C@]2(C(=O)N1)c1cc(Br)ccc1-c1oc(N)nc12. The van der Waals surface area contributed by atoms with Gasteiger partial charge in [-0.3, -0.25) is 4.79 Å². The lowest BCUT2D eigenvalue weighted by molar-refractivity contribution is -0.151. The Morgan fingerprint density at radius 3 is 2.74 bits per heavy atom. The maximum Gasteiger partial charge on any atom is 0.338 e. The lowest BCUT2D eigenvalue weighted by Crippen LogP contribution is -2.41. The summed E-state index contributed by atoms with van der Waals surface area (Å²) in [5.74, 6) is -0.577. The first-order chi connectivity index (χ1) is 12.6. The lowest BCUT2D eigenvalue weighted by Gasteiger charge is -2.27. The number of hydrogen-bond donors (Lipinski definition) is 2. The van der Waals surface area contributed by atoms with Gasteiger partial charge in [-0.1, -0.05) is 15.9 Å². The van der Waals surface area contributed by atoms with Gasteiger partial charge >= 0.3 is 5.97 Å². The molecule has 4 rings (SSSR count). The highest BCUT2D eigenvalue weighted by atomic mass is 79.9. The molecule has 0 saturated carbocycles. The van der Waals surface area contributed by atoms with Crippen LogP contribution in [0.4, 0.5) is 6.01 Å². The van der Waals surface area contributed by atoms with E-state index in [0.29, 0.717) is 28.3 Å². The van der Waals surface area contributed by atoms with Crippen molar-refractivity contribution in [1.29, 1.82) is 0 Å². The summed E-state index contributed by atoms with van der Waals surface area (Å²) in [4.78, 5) is 30.6. The van der Waals surface area contributed by atoms with E-state index in [2.05, 4.69) is 26.2 Å². The van der Waals surface area contributed by atoms with Gasteiger partial charge in [0.1, 0.15) is 11.3 Å². The van der Waals surface area contributed by atoms with E-state index >= 15 is 0 Å². The van der Waals surface area contributed by atoms with Crippen LogP contribution >= 0.6 is 15.9 Å². The highest BCUT2D eigenvalue weighted by Gasteiger charge is 2.61. The molecule has 8 heteroatoms. The fourth-order valence-corrected chi connectivity index (χ4v) is 4.13. The van der Waals surface area contributed by atoms with Crippen molar-refractivity contribution in [3.8, 4) is 11.3 Å². The molecule has 1 aromatic heterocycles. The van der Waals surface area contributed by atoms with Gasteiger partial charge in [-0.2, -0.15) is 4.98 Å². The molecule has 1 amide bonds. The average molecular weight is 432 g/mol. The molecule has 0 fully saturated rings. The first-order valence-corrected chi connectivity index (χ1v) is 9.18. The molecule has 1 spiro atoms. The number of hydrogen-bond acceptors (Lipinski definition) is 6. The van der Waals surface area contributed by atoms with Crippen LogP contribution in [0.2, 0.25) is 0 Å². The second-order valence-corrected chi connectivity index (χ2v) is 8.54. The number of rotatable bonds is 1. The van der Waals surface area contributed by atoms with E-state index in [9.17, 15) is 9.59 Å². The molecular weight excluding hydrogens is 414 g/mol. The van der Waals surface area contributed by atoms with E-state index in [1.54, 1.807) is 33.8 Å². The zero-order chi connectivity index (χ0) is 19.7. The molecule has 2 heterocycles. The average Bonchev–Trinajstić information content (AvgIpc) is 3.10. The van der Waals surface area contributed by atoms with Crippen molar-refractivity contribution in [3.05, 3.63) is 45.2 Å². The number of nitrogens with two attached hydrogens (primary N) is 1. The van der Waals surface area contributed by atoms with E-state index in [4.69, 9.17) is 14.9 Å². The minimum absolute atomic E-state index is 0.0613. The number of ether oxygens (including phenoxy) is 1. The Bertz CT molecular complexity index is 1050. The highest BCUT2D eigenvalue weighted by molar-refractivity contribution is 9.10. The number of allylic oxidation sites excluding steroid dienone is 1. The van der Waals surface area contributed by atoms with Crippen molar-refractivity contribution < 1.29 is 18.7 Å². The van der Waals surface area contributed by atoms with E-state index < -0.39 is 17.0 Å². The Balaban J connectivity index is 2.04. The number of carbonyl (C=O) groups excluding carboxylic acids is 2. The molecule has 1 aromatic carbocycles. The van der Waals surface area contributed by atoms with Crippen molar-refractivity contribution in [2.45, 2.75) is 38.7 Å². The van der Waals surface area contributed by atoms with Crippen LogP contribution in [0.1, 0.15) is 39.0 Å². The van der Waals surface area contributed by atoms with E-state index in [-0.39, 0.29) is 17.5 Å². The third kappa shape index (κ3) is 2.36. The highest BCUT2D eigenvalue weighted by Crippen LogP contribution is 2.56. The van der Waals surface area contributed by atoms with Crippen LogP contribution < -0.4 is 11.1 Å². The third-order valence-electron chi connectivity index (χ3n) is 4.62. The molecule has 0 bridgehead atoms. The first-order valence-electron chi connectivity index (χ1n) is 8.39. The van der Waals surface area contributed by atoms with Crippen LogP contribution in [0.3, 0.4) is 0 Å². The number of fused-ring (bicyclic) bond motifs is 5. The molecule has 140 valence electrons. The molecule has 0 saturated heterocycles. The van der Waals surface area contributed by atoms with Crippen molar-refractivity contribution in [2.24, 2.45) is 0 Å². The van der Waals surface area contributed by atoms with Crippen molar-refractivity contribution in [3.63, 3.8) is 0 Å². The number of benzene rings is 1. The first kappa shape index (κ1) is 17.8. The summed E-state index contributed by atoms with van der Waals surface area (Å²) >= 11 is 3.44. The van der Waals surface area contributed by atoms with Crippen LogP contribution in [0.25, 0.3) is 11.3 Å². The Hall–Kier alpha value is -2.61. The second kappa shape index (κ2) is 5.45. The maximum atomic E-state index is 13.2. The summed E-state index contributed by atoms with van der Waals surface area (Å²) in [6.45, 7) is 6.99. The zero-order valence-corrected chi connectivity index (χ0v) is 16.9. The number of oxazole rings is 1. The molecule has 3 N–H and O–H groups in total. The fraction of sp³-hybridized carbons (Fsp3) is 0.316. The largest absolute Gasteiger partial charge is 0.457 e. The summed E-state index contributed by atoms with van der Waals surface area (Å²) in [6, 6.07) is 5.38. The van der Waals surface area contributed by atoms with E-state index in [1.807, 2.05) is 12.1 Å². The van der Waals surface area contributed by atoms with Gasteiger partial charge in [-0.15, -0.1) is 0 Å². The normalized spacial score (nSPS) is 20.7. The number of nitrogens with zero attached hydrogens (tertiary/aromatic N) is 1. The maximum absolute atomic E-state index is 13.2.